The largest absolute Gasteiger partial charge is 0.469 e. The van der Waals surface area contributed by atoms with Crippen molar-refractivity contribution >= 4 is 5.97 Å². The van der Waals surface area contributed by atoms with Gasteiger partial charge in [-0.1, -0.05) is 0 Å². The number of hydrogen-bond donors (Lipinski definition) is 0. The lowest BCUT2D eigenvalue weighted by Gasteiger charge is -2.49. The summed E-state index contributed by atoms with van der Waals surface area (Å²) in [5.41, 5.74) is 0.0573. The third-order valence-electron chi connectivity index (χ3n) is 3.99. The summed E-state index contributed by atoms with van der Waals surface area (Å²) < 4.78 is 10.1. The molecule has 0 spiro atoms. The topological polar surface area (TPSA) is 38.8 Å². The number of esters is 1. The van der Waals surface area contributed by atoms with Gasteiger partial charge in [-0.15, -0.1) is 0 Å². The highest BCUT2D eigenvalue weighted by Crippen LogP contribution is 2.43. The van der Waals surface area contributed by atoms with Crippen molar-refractivity contribution in [2.45, 2.75) is 19.3 Å². The molecule has 0 aromatic carbocycles. The summed E-state index contributed by atoms with van der Waals surface area (Å²) in [4.78, 5) is 13.8. The summed E-state index contributed by atoms with van der Waals surface area (Å²) in [5.74, 6) is 0.482. The third-order valence-corrected chi connectivity index (χ3v) is 3.99. The van der Waals surface area contributed by atoms with E-state index in [1.807, 2.05) is 0 Å². The minimum Gasteiger partial charge on any atom is -0.469 e. The quantitative estimate of drug-likeness (QED) is 0.672. The van der Waals surface area contributed by atoms with E-state index in [1.165, 1.54) is 26.5 Å². The number of rotatable bonds is 3. The van der Waals surface area contributed by atoms with Gasteiger partial charge in [0.1, 0.15) is 0 Å². The zero-order valence-corrected chi connectivity index (χ0v) is 10.2. The van der Waals surface area contributed by atoms with Crippen LogP contribution in [0, 0.1) is 11.3 Å². The van der Waals surface area contributed by atoms with Gasteiger partial charge in [-0.05, 0) is 32.4 Å². The van der Waals surface area contributed by atoms with Gasteiger partial charge < -0.3 is 14.4 Å². The van der Waals surface area contributed by atoms with Crippen LogP contribution in [0.2, 0.25) is 0 Å². The SMILES string of the molecule is COC(=O)CC1(C2CCCN(C)C2)COC1. The van der Waals surface area contributed by atoms with Crippen LogP contribution in [0.5, 0.6) is 0 Å². The number of piperidine rings is 1. The lowest BCUT2D eigenvalue weighted by atomic mass is 9.68. The van der Waals surface area contributed by atoms with Crippen molar-refractivity contribution in [3.8, 4) is 0 Å². The van der Waals surface area contributed by atoms with Crippen molar-refractivity contribution in [2.75, 3.05) is 40.5 Å². The maximum absolute atomic E-state index is 11.5. The molecule has 0 saturated carbocycles. The van der Waals surface area contributed by atoms with Crippen LogP contribution in [-0.2, 0) is 14.3 Å². The molecule has 2 aliphatic rings. The predicted molar refractivity (Wildman–Crippen MR) is 60.1 cm³/mol. The fourth-order valence-electron chi connectivity index (χ4n) is 2.87. The first-order valence-corrected chi connectivity index (χ1v) is 5.99. The van der Waals surface area contributed by atoms with E-state index >= 15 is 0 Å². The molecule has 0 aromatic rings. The highest BCUT2D eigenvalue weighted by Gasteiger charge is 2.48. The predicted octanol–water partition coefficient (Wildman–Crippen LogP) is 0.908. The Morgan fingerprint density at radius 1 is 1.56 bits per heavy atom. The lowest BCUT2D eigenvalue weighted by molar-refractivity contribution is -0.178. The summed E-state index contributed by atoms with van der Waals surface area (Å²) in [6.45, 7) is 3.70. The molecular formula is C12H21NO3. The molecule has 92 valence electrons. The number of hydrogen-bond acceptors (Lipinski definition) is 4. The van der Waals surface area contributed by atoms with Crippen LogP contribution in [0.15, 0.2) is 0 Å². The van der Waals surface area contributed by atoms with Gasteiger partial charge in [-0.25, -0.2) is 0 Å². The summed E-state index contributed by atoms with van der Waals surface area (Å²) in [7, 11) is 3.61. The Labute approximate surface area is 96.9 Å². The normalized spacial score (nSPS) is 29.5. The number of carbonyl (C=O) groups is 1. The van der Waals surface area contributed by atoms with Crippen LogP contribution in [0.4, 0.5) is 0 Å². The third kappa shape index (κ3) is 2.23. The molecule has 0 N–H and O–H groups in total. The molecule has 2 saturated heterocycles. The molecule has 4 heteroatoms. The van der Waals surface area contributed by atoms with Gasteiger partial charge in [-0.2, -0.15) is 0 Å². The summed E-state index contributed by atoms with van der Waals surface area (Å²) in [6, 6.07) is 0. The molecule has 16 heavy (non-hydrogen) atoms. The molecule has 1 unspecified atom stereocenters. The molecule has 0 aromatic heterocycles. The molecule has 0 radical (unpaired) electrons. The van der Waals surface area contributed by atoms with Gasteiger partial charge in [0, 0.05) is 12.0 Å². The van der Waals surface area contributed by atoms with Crippen LogP contribution in [0.25, 0.3) is 0 Å². The van der Waals surface area contributed by atoms with Crippen molar-refractivity contribution in [1.29, 1.82) is 0 Å². The number of carbonyl (C=O) groups excluding carboxylic acids is 1. The van der Waals surface area contributed by atoms with Gasteiger partial charge in [0.15, 0.2) is 0 Å². The van der Waals surface area contributed by atoms with E-state index < -0.39 is 0 Å². The Bertz CT molecular complexity index is 263. The van der Waals surface area contributed by atoms with Crippen LogP contribution in [0.3, 0.4) is 0 Å². The van der Waals surface area contributed by atoms with Crippen molar-refractivity contribution in [3.05, 3.63) is 0 Å². The summed E-state index contributed by atoms with van der Waals surface area (Å²) in [5, 5.41) is 0. The van der Waals surface area contributed by atoms with Crippen LogP contribution < -0.4 is 0 Å². The Hall–Kier alpha value is -0.610. The molecule has 4 nitrogen and oxygen atoms in total. The van der Waals surface area contributed by atoms with E-state index in [4.69, 9.17) is 9.47 Å². The molecule has 0 amide bonds. The first-order chi connectivity index (χ1) is 7.66. The minimum absolute atomic E-state index is 0.0573. The second kappa shape index (κ2) is 4.72. The molecule has 0 bridgehead atoms. The first-order valence-electron chi connectivity index (χ1n) is 5.99. The maximum Gasteiger partial charge on any atom is 0.306 e. The fourth-order valence-corrected chi connectivity index (χ4v) is 2.87. The zero-order valence-electron chi connectivity index (χ0n) is 10.2. The van der Waals surface area contributed by atoms with Gasteiger partial charge in [-0.3, -0.25) is 4.79 Å². The average Bonchev–Trinajstić information content (AvgIpc) is 2.23. The molecular weight excluding hydrogens is 206 g/mol. The van der Waals surface area contributed by atoms with Crippen molar-refractivity contribution in [2.24, 2.45) is 11.3 Å². The average molecular weight is 227 g/mol. The second-order valence-electron chi connectivity index (χ2n) is 5.21. The summed E-state index contributed by atoms with van der Waals surface area (Å²) in [6.07, 6.45) is 2.96. The standard InChI is InChI=1S/C12H21NO3/c1-13-5-3-4-10(7-13)12(8-16-9-12)6-11(14)15-2/h10H,3-9H2,1-2H3. The van der Waals surface area contributed by atoms with E-state index in [0.29, 0.717) is 12.3 Å². The van der Waals surface area contributed by atoms with Crippen LogP contribution >= 0.6 is 0 Å². The Morgan fingerprint density at radius 3 is 2.81 bits per heavy atom. The minimum atomic E-state index is -0.100. The second-order valence-corrected chi connectivity index (χ2v) is 5.21. The molecule has 2 rings (SSSR count). The van der Waals surface area contributed by atoms with E-state index in [9.17, 15) is 4.79 Å². The Morgan fingerprint density at radius 2 is 2.31 bits per heavy atom. The van der Waals surface area contributed by atoms with Crippen molar-refractivity contribution in [1.82, 2.24) is 4.90 Å². The highest BCUT2D eigenvalue weighted by atomic mass is 16.5. The highest BCUT2D eigenvalue weighted by molar-refractivity contribution is 5.70. The van der Waals surface area contributed by atoms with Crippen LogP contribution in [-0.4, -0.2) is 51.3 Å². The maximum atomic E-state index is 11.5. The van der Waals surface area contributed by atoms with Crippen molar-refractivity contribution < 1.29 is 14.3 Å². The fraction of sp³-hybridized carbons (Fsp3) is 0.917. The van der Waals surface area contributed by atoms with E-state index in [0.717, 1.165) is 19.8 Å². The molecule has 0 aliphatic carbocycles. The Kier molecular flexibility index (Phi) is 3.50. The van der Waals surface area contributed by atoms with Gasteiger partial charge >= 0.3 is 5.97 Å². The van der Waals surface area contributed by atoms with Gasteiger partial charge in [0.05, 0.1) is 26.7 Å². The number of ether oxygens (including phenoxy) is 2. The molecule has 2 heterocycles. The van der Waals surface area contributed by atoms with Gasteiger partial charge in [0.2, 0.25) is 0 Å². The van der Waals surface area contributed by atoms with E-state index in [1.54, 1.807) is 0 Å². The zero-order chi connectivity index (χ0) is 11.6. The molecule has 1 atom stereocenters. The van der Waals surface area contributed by atoms with Crippen molar-refractivity contribution in [3.63, 3.8) is 0 Å². The smallest absolute Gasteiger partial charge is 0.306 e. The number of likely N-dealkylation sites (tertiary alicyclic amines) is 1. The molecule has 2 fully saturated rings. The first kappa shape index (κ1) is 11.9. The lowest BCUT2D eigenvalue weighted by Crippen LogP contribution is -2.54. The summed E-state index contributed by atoms with van der Waals surface area (Å²) >= 11 is 0. The van der Waals surface area contributed by atoms with E-state index in [2.05, 4.69) is 11.9 Å². The number of methoxy groups -OCH3 is 1. The van der Waals surface area contributed by atoms with Gasteiger partial charge in [0.25, 0.3) is 0 Å². The monoisotopic (exact) mass is 227 g/mol. The number of nitrogens with zero attached hydrogens (tertiary/aromatic N) is 1. The Balaban J connectivity index is 1.99. The molecule has 2 aliphatic heterocycles. The van der Waals surface area contributed by atoms with Crippen LogP contribution in [0.1, 0.15) is 19.3 Å². The van der Waals surface area contributed by atoms with E-state index in [-0.39, 0.29) is 11.4 Å².